The minimum absolute atomic E-state index is 0.0505. The Morgan fingerprint density at radius 1 is 1.41 bits per heavy atom. The maximum Gasteiger partial charge on any atom is 0.262 e. The molecular weight excluding hydrogens is 355 g/mol. The van der Waals surface area contributed by atoms with Crippen molar-refractivity contribution in [2.45, 2.75) is 6.92 Å². The van der Waals surface area contributed by atoms with E-state index in [2.05, 4.69) is 21.2 Å². The molecule has 0 bridgehead atoms. The Bertz CT molecular complexity index is 774. The molecule has 7 heteroatoms. The number of nitrogens with zero attached hydrogens (tertiary/aromatic N) is 1. The number of hydrogen-bond acceptors (Lipinski definition) is 3. The summed E-state index contributed by atoms with van der Waals surface area (Å²) in [6.07, 6.45) is 1.61. The standard InChI is InChI=1S/C15H14BrFN2O3/c1-9-15(13(20)5-6-19(9)2)22-8-14(21)18-12-4-3-10(16)7-11(12)17/h3-7H,8H2,1-2H3,(H,18,21). The molecule has 0 saturated carbocycles. The minimum Gasteiger partial charge on any atom is -0.478 e. The fourth-order valence-corrected chi connectivity index (χ4v) is 2.13. The molecule has 0 aliphatic carbocycles. The van der Waals surface area contributed by atoms with E-state index in [9.17, 15) is 14.0 Å². The van der Waals surface area contributed by atoms with Gasteiger partial charge in [-0.2, -0.15) is 0 Å². The number of halogens is 2. The lowest BCUT2D eigenvalue weighted by atomic mass is 10.3. The van der Waals surface area contributed by atoms with Crippen LogP contribution in [0.2, 0.25) is 0 Å². The van der Waals surface area contributed by atoms with Gasteiger partial charge >= 0.3 is 0 Å². The number of benzene rings is 1. The van der Waals surface area contributed by atoms with Gasteiger partial charge in [-0.3, -0.25) is 9.59 Å². The molecule has 2 aromatic rings. The number of pyridine rings is 1. The molecule has 0 aliphatic rings. The zero-order valence-electron chi connectivity index (χ0n) is 12.0. The second-order valence-electron chi connectivity index (χ2n) is 4.67. The van der Waals surface area contributed by atoms with E-state index in [4.69, 9.17) is 4.74 Å². The number of carbonyl (C=O) groups excluding carboxylic acids is 1. The summed E-state index contributed by atoms with van der Waals surface area (Å²) in [5.74, 6) is -1.00. The fraction of sp³-hybridized carbons (Fsp3) is 0.200. The highest BCUT2D eigenvalue weighted by Crippen LogP contribution is 2.19. The van der Waals surface area contributed by atoms with Crippen LogP contribution in [0.1, 0.15) is 5.69 Å². The topological polar surface area (TPSA) is 60.3 Å². The number of ether oxygens (including phenoxy) is 1. The van der Waals surface area contributed by atoms with Crippen LogP contribution in [0.15, 0.2) is 39.7 Å². The number of carbonyl (C=O) groups is 1. The number of aryl methyl sites for hydroxylation is 1. The van der Waals surface area contributed by atoms with Crippen molar-refractivity contribution in [3.8, 4) is 5.75 Å². The summed E-state index contributed by atoms with van der Waals surface area (Å²) < 4.78 is 21.2. The molecule has 0 aliphatic heterocycles. The molecule has 116 valence electrons. The van der Waals surface area contributed by atoms with E-state index in [1.165, 1.54) is 18.2 Å². The number of hydrogen-bond donors (Lipinski definition) is 1. The van der Waals surface area contributed by atoms with Crippen LogP contribution in [0.4, 0.5) is 10.1 Å². The van der Waals surface area contributed by atoms with Gasteiger partial charge in [0.1, 0.15) is 5.82 Å². The van der Waals surface area contributed by atoms with Gasteiger partial charge in [0, 0.05) is 23.8 Å². The third-order valence-corrected chi connectivity index (χ3v) is 3.58. The third kappa shape index (κ3) is 3.73. The van der Waals surface area contributed by atoms with Crippen molar-refractivity contribution in [1.29, 1.82) is 0 Å². The van der Waals surface area contributed by atoms with Gasteiger partial charge in [-0.05, 0) is 25.1 Å². The molecule has 1 amide bonds. The van der Waals surface area contributed by atoms with Gasteiger partial charge in [-0.15, -0.1) is 0 Å². The van der Waals surface area contributed by atoms with Gasteiger partial charge in [-0.25, -0.2) is 4.39 Å². The molecule has 0 spiro atoms. The molecule has 0 fully saturated rings. The molecule has 5 nitrogen and oxygen atoms in total. The van der Waals surface area contributed by atoms with Crippen LogP contribution >= 0.6 is 15.9 Å². The van der Waals surface area contributed by atoms with Crippen LogP contribution in [0.5, 0.6) is 5.75 Å². The Kier molecular flexibility index (Phi) is 4.97. The van der Waals surface area contributed by atoms with Crippen molar-refractivity contribution < 1.29 is 13.9 Å². The molecule has 0 radical (unpaired) electrons. The first-order valence-electron chi connectivity index (χ1n) is 6.42. The number of aromatic nitrogens is 1. The summed E-state index contributed by atoms with van der Waals surface area (Å²) >= 11 is 3.13. The average molecular weight is 369 g/mol. The van der Waals surface area contributed by atoms with Crippen LogP contribution in [0.3, 0.4) is 0 Å². The van der Waals surface area contributed by atoms with Crippen molar-refractivity contribution in [1.82, 2.24) is 4.57 Å². The van der Waals surface area contributed by atoms with Crippen molar-refractivity contribution in [3.63, 3.8) is 0 Å². The largest absolute Gasteiger partial charge is 0.478 e. The van der Waals surface area contributed by atoms with Gasteiger partial charge in [-0.1, -0.05) is 15.9 Å². The number of anilines is 1. The maximum absolute atomic E-state index is 13.6. The van der Waals surface area contributed by atoms with Crippen LogP contribution in [0, 0.1) is 12.7 Å². The highest BCUT2D eigenvalue weighted by molar-refractivity contribution is 9.10. The van der Waals surface area contributed by atoms with Crippen molar-refractivity contribution >= 4 is 27.5 Å². The Balaban J connectivity index is 2.05. The van der Waals surface area contributed by atoms with Crippen LogP contribution < -0.4 is 15.5 Å². The van der Waals surface area contributed by atoms with Gasteiger partial charge in [0.05, 0.1) is 11.4 Å². The summed E-state index contributed by atoms with van der Waals surface area (Å²) in [6, 6.07) is 5.64. The van der Waals surface area contributed by atoms with Gasteiger partial charge in [0.2, 0.25) is 5.43 Å². The summed E-state index contributed by atoms with van der Waals surface area (Å²) in [5, 5.41) is 2.39. The molecular formula is C15H14BrFN2O3. The average Bonchev–Trinajstić information content (AvgIpc) is 2.46. The maximum atomic E-state index is 13.6. The van der Waals surface area contributed by atoms with E-state index in [1.54, 1.807) is 30.8 Å². The Labute approximate surface area is 134 Å². The molecule has 1 N–H and O–H groups in total. The molecule has 0 atom stereocenters. The number of rotatable bonds is 4. The molecule has 1 aromatic carbocycles. The monoisotopic (exact) mass is 368 g/mol. The van der Waals surface area contributed by atoms with E-state index in [0.717, 1.165) is 0 Å². The fourth-order valence-electron chi connectivity index (χ4n) is 1.80. The predicted octanol–water partition coefficient (Wildman–Crippen LogP) is 2.61. The van der Waals surface area contributed by atoms with E-state index >= 15 is 0 Å². The highest BCUT2D eigenvalue weighted by atomic mass is 79.9. The summed E-state index contributed by atoms with van der Waals surface area (Å²) in [5.41, 5.74) is 0.350. The first-order chi connectivity index (χ1) is 10.4. The summed E-state index contributed by atoms with van der Waals surface area (Å²) in [7, 11) is 1.76. The highest BCUT2D eigenvalue weighted by Gasteiger charge is 2.11. The lowest BCUT2D eigenvalue weighted by Crippen LogP contribution is -2.23. The third-order valence-electron chi connectivity index (χ3n) is 3.08. The second kappa shape index (κ2) is 6.74. The van der Waals surface area contributed by atoms with Crippen molar-refractivity contribution in [3.05, 3.63) is 56.7 Å². The smallest absolute Gasteiger partial charge is 0.262 e. The van der Waals surface area contributed by atoms with E-state index in [-0.39, 0.29) is 23.5 Å². The van der Waals surface area contributed by atoms with Crippen molar-refractivity contribution in [2.75, 3.05) is 11.9 Å². The van der Waals surface area contributed by atoms with Gasteiger partial charge in [0.15, 0.2) is 12.4 Å². The molecule has 1 heterocycles. The van der Waals surface area contributed by atoms with Crippen LogP contribution in [0.25, 0.3) is 0 Å². The van der Waals surface area contributed by atoms with Crippen LogP contribution in [-0.4, -0.2) is 17.1 Å². The SMILES string of the molecule is Cc1c(OCC(=O)Nc2ccc(Br)cc2F)c(=O)ccn1C. The lowest BCUT2D eigenvalue weighted by Gasteiger charge is -2.11. The molecule has 2 rings (SSSR count). The number of nitrogens with one attached hydrogen (secondary N) is 1. The normalized spacial score (nSPS) is 10.4. The van der Waals surface area contributed by atoms with E-state index < -0.39 is 11.7 Å². The molecule has 22 heavy (non-hydrogen) atoms. The molecule has 1 aromatic heterocycles. The lowest BCUT2D eigenvalue weighted by molar-refractivity contribution is -0.118. The minimum atomic E-state index is -0.561. The zero-order chi connectivity index (χ0) is 16.3. The van der Waals surface area contributed by atoms with Crippen LogP contribution in [-0.2, 0) is 11.8 Å². The second-order valence-corrected chi connectivity index (χ2v) is 5.58. The Morgan fingerprint density at radius 2 is 2.14 bits per heavy atom. The quantitative estimate of drug-likeness (QED) is 0.902. The van der Waals surface area contributed by atoms with E-state index in [0.29, 0.717) is 10.2 Å². The van der Waals surface area contributed by atoms with Gasteiger partial charge in [0.25, 0.3) is 5.91 Å². The zero-order valence-corrected chi connectivity index (χ0v) is 13.6. The summed E-state index contributed by atoms with van der Waals surface area (Å²) in [6.45, 7) is 1.33. The summed E-state index contributed by atoms with van der Waals surface area (Å²) in [4.78, 5) is 23.5. The molecule has 0 saturated heterocycles. The first-order valence-corrected chi connectivity index (χ1v) is 7.21. The Morgan fingerprint density at radius 3 is 2.82 bits per heavy atom. The van der Waals surface area contributed by atoms with Crippen molar-refractivity contribution in [2.24, 2.45) is 7.05 Å². The Hall–Kier alpha value is -2.15. The molecule has 0 unspecified atom stereocenters. The predicted molar refractivity (Wildman–Crippen MR) is 84.6 cm³/mol. The van der Waals surface area contributed by atoms with E-state index in [1.807, 2.05) is 0 Å². The first kappa shape index (κ1) is 16.2. The van der Waals surface area contributed by atoms with Gasteiger partial charge < -0.3 is 14.6 Å². The number of amides is 1.